The lowest BCUT2D eigenvalue weighted by atomic mass is 10.2. The minimum absolute atomic E-state index is 0.255. The molecule has 20 heavy (non-hydrogen) atoms. The zero-order chi connectivity index (χ0) is 13.9. The first kappa shape index (κ1) is 13.1. The van der Waals surface area contributed by atoms with Crippen molar-refractivity contribution in [3.63, 3.8) is 0 Å². The second-order valence-corrected chi connectivity index (χ2v) is 5.15. The lowest BCUT2D eigenvalue weighted by molar-refractivity contribution is 0.465. The van der Waals surface area contributed by atoms with Crippen LogP contribution in [0.25, 0.3) is 0 Å². The molecule has 1 saturated carbocycles. The van der Waals surface area contributed by atoms with Gasteiger partial charge in [-0.1, -0.05) is 6.07 Å². The van der Waals surface area contributed by atoms with Gasteiger partial charge in [0.25, 0.3) is 0 Å². The Bertz CT molecular complexity index is 611. The highest BCUT2D eigenvalue weighted by Gasteiger charge is 2.20. The summed E-state index contributed by atoms with van der Waals surface area (Å²) in [5, 5.41) is 3.43. The SMILES string of the molecule is Cc1ccc(Oc2ccncc2CNC2CC2)cc1F. The Labute approximate surface area is 117 Å². The first-order chi connectivity index (χ1) is 9.72. The minimum atomic E-state index is -0.255. The zero-order valence-electron chi connectivity index (χ0n) is 11.4. The van der Waals surface area contributed by atoms with E-state index in [1.54, 1.807) is 31.5 Å². The summed E-state index contributed by atoms with van der Waals surface area (Å²) in [6.07, 6.45) is 5.94. The van der Waals surface area contributed by atoms with Crippen LogP contribution in [0.5, 0.6) is 11.5 Å². The summed E-state index contributed by atoms with van der Waals surface area (Å²) in [7, 11) is 0. The maximum atomic E-state index is 13.5. The lowest BCUT2D eigenvalue weighted by Crippen LogP contribution is -2.15. The van der Waals surface area contributed by atoms with Crippen LogP contribution < -0.4 is 10.1 Å². The summed E-state index contributed by atoms with van der Waals surface area (Å²) in [5.74, 6) is 0.970. The number of rotatable bonds is 5. The first-order valence-electron chi connectivity index (χ1n) is 6.82. The third kappa shape index (κ3) is 3.14. The van der Waals surface area contributed by atoms with E-state index in [4.69, 9.17) is 4.74 Å². The molecule has 1 aromatic carbocycles. The average molecular weight is 272 g/mol. The van der Waals surface area contributed by atoms with E-state index in [1.165, 1.54) is 18.9 Å². The van der Waals surface area contributed by atoms with E-state index in [-0.39, 0.29) is 5.82 Å². The molecular weight excluding hydrogens is 255 g/mol. The fourth-order valence-corrected chi connectivity index (χ4v) is 1.95. The molecule has 2 aromatic rings. The molecule has 104 valence electrons. The van der Waals surface area contributed by atoms with Gasteiger partial charge in [0.05, 0.1) is 0 Å². The number of pyridine rings is 1. The van der Waals surface area contributed by atoms with Crippen molar-refractivity contribution in [3.05, 3.63) is 53.6 Å². The number of hydrogen-bond donors (Lipinski definition) is 1. The molecule has 1 aromatic heterocycles. The van der Waals surface area contributed by atoms with Crippen LogP contribution in [-0.4, -0.2) is 11.0 Å². The predicted octanol–water partition coefficient (Wildman–Crippen LogP) is 3.57. The summed E-state index contributed by atoms with van der Waals surface area (Å²) in [5.41, 5.74) is 1.60. The molecule has 1 fully saturated rings. The number of nitrogens with one attached hydrogen (secondary N) is 1. The second-order valence-electron chi connectivity index (χ2n) is 5.15. The van der Waals surface area contributed by atoms with Crippen molar-refractivity contribution < 1.29 is 9.13 Å². The van der Waals surface area contributed by atoms with Crippen LogP contribution >= 0.6 is 0 Å². The number of hydrogen-bond acceptors (Lipinski definition) is 3. The highest BCUT2D eigenvalue weighted by atomic mass is 19.1. The third-order valence-corrected chi connectivity index (χ3v) is 3.39. The van der Waals surface area contributed by atoms with Gasteiger partial charge < -0.3 is 10.1 Å². The van der Waals surface area contributed by atoms with E-state index in [0.29, 0.717) is 17.4 Å². The summed E-state index contributed by atoms with van der Waals surface area (Å²) in [4.78, 5) is 4.12. The molecule has 0 amide bonds. The van der Waals surface area contributed by atoms with Gasteiger partial charge in [-0.05, 0) is 37.5 Å². The first-order valence-corrected chi connectivity index (χ1v) is 6.82. The fraction of sp³-hybridized carbons (Fsp3) is 0.312. The highest BCUT2D eigenvalue weighted by molar-refractivity contribution is 5.37. The van der Waals surface area contributed by atoms with Crippen molar-refractivity contribution >= 4 is 0 Å². The van der Waals surface area contributed by atoms with E-state index in [0.717, 1.165) is 17.9 Å². The molecule has 1 aliphatic carbocycles. The van der Waals surface area contributed by atoms with Crippen LogP contribution in [0.15, 0.2) is 36.7 Å². The van der Waals surface area contributed by atoms with Gasteiger partial charge in [0.15, 0.2) is 0 Å². The van der Waals surface area contributed by atoms with E-state index < -0.39 is 0 Å². The Kier molecular flexibility index (Phi) is 3.65. The molecule has 3 rings (SSSR count). The summed E-state index contributed by atoms with van der Waals surface area (Å²) in [6.45, 7) is 2.46. The fourth-order valence-electron chi connectivity index (χ4n) is 1.95. The molecule has 0 aliphatic heterocycles. The van der Waals surface area contributed by atoms with Gasteiger partial charge in [-0.3, -0.25) is 4.98 Å². The summed E-state index contributed by atoms with van der Waals surface area (Å²) in [6, 6.07) is 7.33. The van der Waals surface area contributed by atoms with Gasteiger partial charge in [0.2, 0.25) is 0 Å². The molecule has 0 radical (unpaired) electrons. The molecule has 1 heterocycles. The lowest BCUT2D eigenvalue weighted by Gasteiger charge is -2.11. The number of aromatic nitrogens is 1. The van der Waals surface area contributed by atoms with Gasteiger partial charge in [-0.25, -0.2) is 4.39 Å². The van der Waals surface area contributed by atoms with E-state index in [9.17, 15) is 4.39 Å². The Morgan fingerprint density at radius 1 is 1.35 bits per heavy atom. The van der Waals surface area contributed by atoms with Crippen LogP contribution in [-0.2, 0) is 6.54 Å². The van der Waals surface area contributed by atoms with Gasteiger partial charge in [0, 0.05) is 36.6 Å². The van der Waals surface area contributed by atoms with Gasteiger partial charge in [-0.15, -0.1) is 0 Å². The van der Waals surface area contributed by atoms with Crippen LogP contribution in [0.2, 0.25) is 0 Å². The maximum absolute atomic E-state index is 13.5. The van der Waals surface area contributed by atoms with Crippen molar-refractivity contribution in [1.29, 1.82) is 0 Å². The monoisotopic (exact) mass is 272 g/mol. The molecule has 1 aliphatic rings. The van der Waals surface area contributed by atoms with Crippen LogP contribution in [0.4, 0.5) is 4.39 Å². The molecule has 0 atom stereocenters. The number of halogens is 1. The van der Waals surface area contributed by atoms with Gasteiger partial charge in [-0.2, -0.15) is 0 Å². The van der Waals surface area contributed by atoms with Crippen molar-refractivity contribution in [2.24, 2.45) is 0 Å². The zero-order valence-corrected chi connectivity index (χ0v) is 11.4. The molecule has 0 bridgehead atoms. The molecule has 4 heteroatoms. The topological polar surface area (TPSA) is 34.1 Å². The summed E-state index contributed by atoms with van der Waals surface area (Å²) >= 11 is 0. The Hall–Kier alpha value is -1.94. The minimum Gasteiger partial charge on any atom is -0.457 e. The van der Waals surface area contributed by atoms with Crippen molar-refractivity contribution in [2.75, 3.05) is 0 Å². The third-order valence-electron chi connectivity index (χ3n) is 3.39. The Morgan fingerprint density at radius 2 is 2.20 bits per heavy atom. The number of aryl methyl sites for hydroxylation is 1. The largest absolute Gasteiger partial charge is 0.457 e. The molecular formula is C16H17FN2O. The number of ether oxygens (including phenoxy) is 1. The second kappa shape index (κ2) is 5.59. The normalized spacial score (nSPS) is 14.3. The number of nitrogens with zero attached hydrogens (tertiary/aromatic N) is 1. The smallest absolute Gasteiger partial charge is 0.134 e. The van der Waals surface area contributed by atoms with Crippen molar-refractivity contribution in [2.45, 2.75) is 32.4 Å². The number of benzene rings is 1. The van der Waals surface area contributed by atoms with Crippen molar-refractivity contribution in [1.82, 2.24) is 10.3 Å². The maximum Gasteiger partial charge on any atom is 0.134 e. The van der Waals surface area contributed by atoms with Crippen LogP contribution in [0.3, 0.4) is 0 Å². The quantitative estimate of drug-likeness (QED) is 0.903. The summed E-state index contributed by atoms with van der Waals surface area (Å²) < 4.78 is 19.3. The average Bonchev–Trinajstić information content (AvgIpc) is 3.26. The molecule has 0 spiro atoms. The highest BCUT2D eigenvalue weighted by Crippen LogP contribution is 2.27. The standard InChI is InChI=1S/C16H17FN2O/c1-11-2-5-14(8-15(11)17)20-16-6-7-18-9-12(16)10-19-13-3-4-13/h2,5-9,13,19H,3-4,10H2,1H3. The van der Waals surface area contributed by atoms with E-state index >= 15 is 0 Å². The molecule has 0 unspecified atom stereocenters. The van der Waals surface area contributed by atoms with Gasteiger partial charge >= 0.3 is 0 Å². The Balaban J connectivity index is 1.76. The van der Waals surface area contributed by atoms with Crippen LogP contribution in [0, 0.1) is 12.7 Å². The molecule has 3 nitrogen and oxygen atoms in total. The van der Waals surface area contributed by atoms with Crippen molar-refractivity contribution in [3.8, 4) is 11.5 Å². The van der Waals surface area contributed by atoms with E-state index in [1.807, 2.05) is 6.07 Å². The van der Waals surface area contributed by atoms with E-state index in [2.05, 4.69) is 10.3 Å². The predicted molar refractivity (Wildman–Crippen MR) is 75.3 cm³/mol. The Morgan fingerprint density at radius 3 is 2.95 bits per heavy atom. The van der Waals surface area contributed by atoms with Gasteiger partial charge in [0.1, 0.15) is 17.3 Å². The molecule has 1 N–H and O–H groups in total. The van der Waals surface area contributed by atoms with Crippen LogP contribution in [0.1, 0.15) is 24.0 Å². The molecule has 0 saturated heterocycles.